The predicted octanol–water partition coefficient (Wildman–Crippen LogP) is 2.78. The summed E-state index contributed by atoms with van der Waals surface area (Å²) in [5.74, 6) is 0.871. The summed E-state index contributed by atoms with van der Waals surface area (Å²) in [4.78, 5) is 0. The molecule has 0 aliphatic rings. The van der Waals surface area contributed by atoms with Crippen molar-refractivity contribution in [1.29, 1.82) is 0 Å². The smallest absolute Gasteiger partial charge is 0.119 e. The number of ether oxygens (including phenoxy) is 1. The molecule has 0 bridgehead atoms. The fourth-order valence-corrected chi connectivity index (χ4v) is 1.19. The molecule has 80 valence electrons. The Morgan fingerprint density at radius 2 is 1.93 bits per heavy atom. The van der Waals surface area contributed by atoms with E-state index in [2.05, 4.69) is 6.58 Å². The van der Waals surface area contributed by atoms with Crippen molar-refractivity contribution in [3.63, 3.8) is 0 Å². The third-order valence-electron chi connectivity index (χ3n) is 1.75. The maximum Gasteiger partial charge on any atom is 0.119 e. The molecule has 0 aromatic carbocycles. The summed E-state index contributed by atoms with van der Waals surface area (Å²) >= 11 is 0. The second-order valence-electron chi connectivity index (χ2n) is 3.73. The quantitative estimate of drug-likeness (QED) is 0.416. The summed E-state index contributed by atoms with van der Waals surface area (Å²) in [5.41, 5.74) is 9.07. The molecule has 0 atom stereocenters. The van der Waals surface area contributed by atoms with Gasteiger partial charge in [0.1, 0.15) is 5.76 Å². The van der Waals surface area contributed by atoms with Gasteiger partial charge in [-0.05, 0) is 38.8 Å². The molecule has 0 rings (SSSR count). The van der Waals surface area contributed by atoms with Crippen LogP contribution < -0.4 is 5.73 Å². The maximum absolute atomic E-state index is 5.67. The van der Waals surface area contributed by atoms with Gasteiger partial charge in [-0.2, -0.15) is 0 Å². The molecule has 0 fully saturated rings. The Hall–Kier alpha value is -1.02. The lowest BCUT2D eigenvalue weighted by molar-refractivity contribution is 0.300. The van der Waals surface area contributed by atoms with E-state index in [1.807, 2.05) is 26.8 Å². The molecule has 0 saturated heterocycles. The third kappa shape index (κ3) is 4.87. The summed E-state index contributed by atoms with van der Waals surface area (Å²) < 4.78 is 5.30. The molecule has 0 aromatic heterocycles. The Kier molecular flexibility index (Phi) is 5.97. The molecular weight excluding hydrogens is 174 g/mol. The van der Waals surface area contributed by atoms with E-state index in [1.54, 1.807) is 7.11 Å². The Bertz CT molecular complexity index is 257. The fraction of sp³-hybridized carbons (Fsp3) is 0.500. The summed E-state index contributed by atoms with van der Waals surface area (Å²) in [6, 6.07) is 0. The van der Waals surface area contributed by atoms with Crippen LogP contribution >= 0.6 is 0 Å². The zero-order valence-corrected chi connectivity index (χ0v) is 9.68. The highest BCUT2D eigenvalue weighted by Crippen LogP contribution is 2.15. The monoisotopic (exact) mass is 195 g/mol. The van der Waals surface area contributed by atoms with Gasteiger partial charge in [0, 0.05) is 6.54 Å². The number of rotatable bonds is 5. The van der Waals surface area contributed by atoms with Crippen molar-refractivity contribution in [2.75, 3.05) is 13.7 Å². The van der Waals surface area contributed by atoms with Gasteiger partial charge in [-0.15, -0.1) is 0 Å². The van der Waals surface area contributed by atoms with Gasteiger partial charge in [0.15, 0.2) is 0 Å². The minimum absolute atomic E-state index is 0.514. The highest BCUT2D eigenvalue weighted by molar-refractivity contribution is 5.26. The van der Waals surface area contributed by atoms with Crippen LogP contribution in [-0.4, -0.2) is 13.7 Å². The first kappa shape index (κ1) is 13.0. The Labute approximate surface area is 87.1 Å². The zero-order valence-electron chi connectivity index (χ0n) is 9.68. The van der Waals surface area contributed by atoms with Crippen LogP contribution in [0.15, 0.2) is 35.1 Å². The zero-order chi connectivity index (χ0) is 11.1. The van der Waals surface area contributed by atoms with Crippen molar-refractivity contribution in [2.24, 2.45) is 5.73 Å². The van der Waals surface area contributed by atoms with Gasteiger partial charge in [0.2, 0.25) is 0 Å². The van der Waals surface area contributed by atoms with Crippen molar-refractivity contribution in [2.45, 2.75) is 27.2 Å². The van der Waals surface area contributed by atoms with E-state index in [0.29, 0.717) is 6.54 Å². The van der Waals surface area contributed by atoms with E-state index in [-0.39, 0.29) is 0 Å². The van der Waals surface area contributed by atoms with Crippen LogP contribution in [-0.2, 0) is 4.74 Å². The summed E-state index contributed by atoms with van der Waals surface area (Å²) in [6.45, 7) is 10.4. The van der Waals surface area contributed by atoms with Crippen molar-refractivity contribution in [1.82, 2.24) is 0 Å². The third-order valence-corrected chi connectivity index (χ3v) is 1.75. The van der Waals surface area contributed by atoms with Gasteiger partial charge in [0.25, 0.3) is 0 Å². The first-order valence-electron chi connectivity index (χ1n) is 4.76. The van der Waals surface area contributed by atoms with Gasteiger partial charge in [0.05, 0.1) is 7.11 Å². The second kappa shape index (κ2) is 6.44. The molecular formula is C12H21NO. The van der Waals surface area contributed by atoms with Gasteiger partial charge >= 0.3 is 0 Å². The van der Waals surface area contributed by atoms with Crippen molar-refractivity contribution in [3.8, 4) is 0 Å². The van der Waals surface area contributed by atoms with Crippen LogP contribution in [0, 0.1) is 0 Å². The van der Waals surface area contributed by atoms with Crippen molar-refractivity contribution < 1.29 is 4.74 Å². The Balaban J connectivity index is 4.91. The number of hydrogen-bond acceptors (Lipinski definition) is 2. The van der Waals surface area contributed by atoms with Gasteiger partial charge in [-0.3, -0.25) is 0 Å². The molecule has 0 aromatic rings. The average Bonchev–Trinajstić information content (AvgIpc) is 2.10. The van der Waals surface area contributed by atoms with E-state index < -0.39 is 0 Å². The van der Waals surface area contributed by atoms with Gasteiger partial charge in [-0.25, -0.2) is 0 Å². The van der Waals surface area contributed by atoms with Crippen molar-refractivity contribution in [3.05, 3.63) is 35.1 Å². The molecule has 0 radical (unpaired) electrons. The first-order chi connectivity index (χ1) is 6.51. The minimum atomic E-state index is 0.514. The summed E-state index contributed by atoms with van der Waals surface area (Å²) in [6.07, 6.45) is 2.81. The predicted molar refractivity (Wildman–Crippen MR) is 62.0 cm³/mol. The fourth-order valence-electron chi connectivity index (χ4n) is 1.19. The van der Waals surface area contributed by atoms with Crippen molar-refractivity contribution >= 4 is 0 Å². The molecule has 0 spiro atoms. The van der Waals surface area contributed by atoms with E-state index in [0.717, 1.165) is 23.3 Å². The van der Waals surface area contributed by atoms with Crippen LogP contribution in [0.5, 0.6) is 0 Å². The number of hydrogen-bond donors (Lipinski definition) is 1. The van der Waals surface area contributed by atoms with Crippen LogP contribution in [0.3, 0.4) is 0 Å². The van der Waals surface area contributed by atoms with Gasteiger partial charge < -0.3 is 10.5 Å². The second-order valence-corrected chi connectivity index (χ2v) is 3.73. The standard InChI is InChI=1S/C12H21NO/c1-9(2)6-11(8-13)12(14-5)7-10(3)4/h7H,1,6,8,13H2,2-5H3/b12-11-. The first-order valence-corrected chi connectivity index (χ1v) is 4.76. The van der Waals surface area contributed by atoms with Crippen LogP contribution in [0.1, 0.15) is 27.2 Å². The molecule has 0 heterocycles. The topological polar surface area (TPSA) is 35.2 Å². The van der Waals surface area contributed by atoms with Gasteiger partial charge in [-0.1, -0.05) is 17.7 Å². The number of nitrogens with two attached hydrogens (primary N) is 1. The largest absolute Gasteiger partial charge is 0.497 e. The van der Waals surface area contributed by atoms with E-state index in [1.165, 1.54) is 5.57 Å². The maximum atomic E-state index is 5.67. The van der Waals surface area contributed by atoms with Crippen LogP contribution in [0.2, 0.25) is 0 Å². The van der Waals surface area contributed by atoms with Crippen LogP contribution in [0.25, 0.3) is 0 Å². The highest BCUT2D eigenvalue weighted by Gasteiger charge is 2.03. The molecule has 2 heteroatoms. The molecule has 2 N–H and O–H groups in total. The summed E-state index contributed by atoms with van der Waals surface area (Å²) in [5, 5.41) is 0. The molecule has 0 aliphatic heterocycles. The minimum Gasteiger partial charge on any atom is -0.497 e. The molecule has 0 unspecified atom stereocenters. The molecule has 0 saturated carbocycles. The number of allylic oxidation sites excluding steroid dienone is 3. The highest BCUT2D eigenvalue weighted by atomic mass is 16.5. The molecule has 0 aliphatic carbocycles. The van der Waals surface area contributed by atoms with E-state index >= 15 is 0 Å². The molecule has 2 nitrogen and oxygen atoms in total. The van der Waals surface area contributed by atoms with E-state index in [4.69, 9.17) is 10.5 Å². The lowest BCUT2D eigenvalue weighted by atomic mass is 10.1. The average molecular weight is 195 g/mol. The molecule has 14 heavy (non-hydrogen) atoms. The lowest BCUT2D eigenvalue weighted by Crippen LogP contribution is -2.07. The molecule has 0 amide bonds. The normalized spacial score (nSPS) is 11.8. The Morgan fingerprint density at radius 3 is 2.21 bits per heavy atom. The lowest BCUT2D eigenvalue weighted by Gasteiger charge is -2.10. The summed E-state index contributed by atoms with van der Waals surface area (Å²) in [7, 11) is 1.67. The Morgan fingerprint density at radius 1 is 1.36 bits per heavy atom. The number of methoxy groups -OCH3 is 1. The van der Waals surface area contributed by atoms with E-state index in [9.17, 15) is 0 Å². The SMILES string of the molecule is C=C(C)C/C(CN)=C(\C=C(C)C)OC. The van der Waals surface area contributed by atoms with Crippen LogP contribution in [0.4, 0.5) is 0 Å².